The van der Waals surface area contributed by atoms with Crippen LogP contribution in [-0.4, -0.2) is 32.8 Å². The number of benzene rings is 2. The predicted octanol–water partition coefficient (Wildman–Crippen LogP) is 1.60. The lowest BCUT2D eigenvalue weighted by molar-refractivity contribution is -0.139. The van der Waals surface area contributed by atoms with Crippen molar-refractivity contribution in [2.75, 3.05) is 6.54 Å². The van der Waals surface area contributed by atoms with E-state index in [2.05, 4.69) is 10.6 Å². The standard InChI is InChI=1S/C19H20N2O4S/c22-18(19(23)21-15-11-12-15)20-13-17(14-7-3-1-4-8-14)26(24,25)16-9-5-2-6-10-16/h1-10,15,17H,11-13H2,(H,20,22)(H,21,23)/t17-/m0/s1. The largest absolute Gasteiger partial charge is 0.346 e. The third-order valence-corrected chi connectivity index (χ3v) is 6.30. The lowest BCUT2D eigenvalue weighted by Crippen LogP contribution is -2.43. The molecule has 0 bridgehead atoms. The minimum absolute atomic E-state index is 0.0613. The van der Waals surface area contributed by atoms with Crippen LogP contribution in [0.1, 0.15) is 23.7 Å². The van der Waals surface area contributed by atoms with E-state index in [9.17, 15) is 18.0 Å². The molecule has 0 aromatic heterocycles. The molecule has 2 amide bonds. The summed E-state index contributed by atoms with van der Waals surface area (Å²) in [4.78, 5) is 23.9. The van der Waals surface area contributed by atoms with Crippen LogP contribution in [0.3, 0.4) is 0 Å². The number of carbonyl (C=O) groups excluding carboxylic acids is 2. The molecule has 2 aromatic rings. The molecule has 26 heavy (non-hydrogen) atoms. The topological polar surface area (TPSA) is 92.3 Å². The smallest absolute Gasteiger partial charge is 0.309 e. The third kappa shape index (κ3) is 4.29. The monoisotopic (exact) mass is 372 g/mol. The Morgan fingerprint density at radius 1 is 0.923 bits per heavy atom. The summed E-state index contributed by atoms with van der Waals surface area (Å²) < 4.78 is 26.1. The average molecular weight is 372 g/mol. The SMILES string of the molecule is O=C(NC[C@@H](c1ccccc1)S(=O)(=O)c1ccccc1)C(=O)NC1CC1. The molecular formula is C19H20N2O4S. The van der Waals surface area contributed by atoms with E-state index >= 15 is 0 Å². The van der Waals surface area contributed by atoms with Gasteiger partial charge in [0, 0.05) is 12.6 Å². The molecule has 2 aromatic carbocycles. The molecule has 6 nitrogen and oxygen atoms in total. The number of amides is 2. The van der Waals surface area contributed by atoms with Crippen molar-refractivity contribution < 1.29 is 18.0 Å². The van der Waals surface area contributed by atoms with E-state index in [0.717, 1.165) is 12.8 Å². The summed E-state index contributed by atoms with van der Waals surface area (Å²) in [5.41, 5.74) is 0.555. The van der Waals surface area contributed by atoms with E-state index in [1.807, 2.05) is 0 Å². The summed E-state index contributed by atoms with van der Waals surface area (Å²) in [5.74, 6) is -1.54. The number of carbonyl (C=O) groups is 2. The number of hydrogen-bond acceptors (Lipinski definition) is 4. The Morgan fingerprint density at radius 2 is 1.50 bits per heavy atom. The fourth-order valence-electron chi connectivity index (χ4n) is 2.59. The van der Waals surface area contributed by atoms with Crippen LogP contribution >= 0.6 is 0 Å². The van der Waals surface area contributed by atoms with E-state index in [1.54, 1.807) is 48.5 Å². The van der Waals surface area contributed by atoms with Gasteiger partial charge in [-0.1, -0.05) is 48.5 Å². The third-order valence-electron chi connectivity index (χ3n) is 4.18. The van der Waals surface area contributed by atoms with Gasteiger partial charge in [-0.15, -0.1) is 0 Å². The summed E-state index contributed by atoms with van der Waals surface area (Å²) in [6, 6.07) is 16.8. The summed E-state index contributed by atoms with van der Waals surface area (Å²) in [6.45, 7) is -0.182. The van der Waals surface area contributed by atoms with Crippen LogP contribution < -0.4 is 10.6 Å². The lowest BCUT2D eigenvalue weighted by Gasteiger charge is -2.19. The van der Waals surface area contributed by atoms with E-state index in [-0.39, 0.29) is 17.5 Å². The van der Waals surface area contributed by atoms with Gasteiger partial charge in [0.25, 0.3) is 0 Å². The molecule has 1 saturated carbocycles. The number of nitrogens with one attached hydrogen (secondary N) is 2. The Kier molecular flexibility index (Phi) is 5.37. The number of hydrogen-bond donors (Lipinski definition) is 2. The minimum atomic E-state index is -3.73. The van der Waals surface area contributed by atoms with Crippen LogP contribution in [0, 0.1) is 0 Å². The molecule has 3 rings (SSSR count). The van der Waals surface area contributed by atoms with Crippen molar-refractivity contribution in [3.63, 3.8) is 0 Å². The molecule has 0 unspecified atom stereocenters. The highest BCUT2D eigenvalue weighted by molar-refractivity contribution is 7.91. The van der Waals surface area contributed by atoms with Crippen LogP contribution in [0.15, 0.2) is 65.6 Å². The van der Waals surface area contributed by atoms with Crippen molar-refractivity contribution in [3.8, 4) is 0 Å². The minimum Gasteiger partial charge on any atom is -0.346 e. The van der Waals surface area contributed by atoms with Gasteiger partial charge < -0.3 is 10.6 Å². The molecule has 2 N–H and O–H groups in total. The molecule has 1 aliphatic carbocycles. The summed E-state index contributed by atoms with van der Waals surface area (Å²) in [7, 11) is -3.73. The summed E-state index contributed by atoms with van der Waals surface area (Å²) in [5, 5.41) is 4.06. The molecule has 0 aliphatic heterocycles. The fourth-order valence-corrected chi connectivity index (χ4v) is 4.28. The quantitative estimate of drug-likeness (QED) is 0.754. The van der Waals surface area contributed by atoms with Crippen molar-refractivity contribution in [3.05, 3.63) is 66.2 Å². The van der Waals surface area contributed by atoms with E-state index in [0.29, 0.717) is 5.56 Å². The van der Waals surface area contributed by atoms with Gasteiger partial charge in [0.15, 0.2) is 9.84 Å². The van der Waals surface area contributed by atoms with Gasteiger partial charge in [-0.05, 0) is 30.5 Å². The first-order chi connectivity index (χ1) is 12.5. The Hall–Kier alpha value is -2.67. The molecule has 0 heterocycles. The highest BCUT2D eigenvalue weighted by Gasteiger charge is 2.31. The molecule has 0 saturated heterocycles. The maximum atomic E-state index is 13.1. The van der Waals surface area contributed by atoms with Gasteiger partial charge in [0.2, 0.25) is 0 Å². The van der Waals surface area contributed by atoms with Crippen LogP contribution in [-0.2, 0) is 19.4 Å². The van der Waals surface area contributed by atoms with Crippen LogP contribution in [0.4, 0.5) is 0 Å². The van der Waals surface area contributed by atoms with Gasteiger partial charge in [-0.25, -0.2) is 8.42 Å². The molecule has 1 aliphatic rings. The Morgan fingerprint density at radius 3 is 2.08 bits per heavy atom. The number of sulfone groups is 1. The first kappa shape index (κ1) is 18.1. The second-order valence-electron chi connectivity index (χ2n) is 6.22. The zero-order chi connectivity index (χ0) is 18.6. The van der Waals surface area contributed by atoms with E-state index in [4.69, 9.17) is 0 Å². The van der Waals surface area contributed by atoms with Crippen LogP contribution in [0.5, 0.6) is 0 Å². The number of rotatable bonds is 6. The second kappa shape index (κ2) is 7.70. The first-order valence-corrected chi connectivity index (χ1v) is 9.95. The molecule has 0 spiro atoms. The molecule has 1 fully saturated rings. The Balaban J connectivity index is 1.80. The molecule has 7 heteroatoms. The van der Waals surface area contributed by atoms with Crippen LogP contribution in [0.2, 0.25) is 0 Å². The molecule has 0 radical (unpaired) electrons. The maximum Gasteiger partial charge on any atom is 0.309 e. The van der Waals surface area contributed by atoms with Crippen molar-refractivity contribution in [1.29, 1.82) is 0 Å². The Labute approximate surface area is 152 Å². The zero-order valence-electron chi connectivity index (χ0n) is 14.1. The maximum absolute atomic E-state index is 13.1. The lowest BCUT2D eigenvalue weighted by atomic mass is 10.1. The summed E-state index contributed by atoms with van der Waals surface area (Å²) in [6.07, 6.45) is 1.74. The summed E-state index contributed by atoms with van der Waals surface area (Å²) >= 11 is 0. The van der Waals surface area contributed by atoms with Gasteiger partial charge in [0.05, 0.1) is 4.90 Å². The fraction of sp³-hybridized carbons (Fsp3) is 0.263. The van der Waals surface area contributed by atoms with Crippen molar-refractivity contribution in [1.82, 2.24) is 10.6 Å². The van der Waals surface area contributed by atoms with Crippen LogP contribution in [0.25, 0.3) is 0 Å². The zero-order valence-corrected chi connectivity index (χ0v) is 14.9. The van der Waals surface area contributed by atoms with E-state index in [1.165, 1.54) is 12.1 Å². The molecular weight excluding hydrogens is 352 g/mol. The van der Waals surface area contributed by atoms with Crippen molar-refractivity contribution >= 4 is 21.7 Å². The van der Waals surface area contributed by atoms with Gasteiger partial charge in [-0.2, -0.15) is 0 Å². The second-order valence-corrected chi connectivity index (χ2v) is 8.35. The van der Waals surface area contributed by atoms with Crippen molar-refractivity contribution in [2.24, 2.45) is 0 Å². The van der Waals surface area contributed by atoms with Gasteiger partial charge >= 0.3 is 11.8 Å². The highest BCUT2D eigenvalue weighted by Crippen LogP contribution is 2.28. The van der Waals surface area contributed by atoms with Gasteiger partial charge in [0.1, 0.15) is 5.25 Å². The molecule has 136 valence electrons. The highest BCUT2D eigenvalue weighted by atomic mass is 32.2. The van der Waals surface area contributed by atoms with E-state index < -0.39 is 26.9 Å². The normalized spacial score (nSPS) is 15.1. The molecule has 1 atom stereocenters. The first-order valence-electron chi connectivity index (χ1n) is 8.41. The predicted molar refractivity (Wildman–Crippen MR) is 97.0 cm³/mol. The Bertz CT molecular complexity index is 878. The average Bonchev–Trinajstić information content (AvgIpc) is 3.47. The van der Waals surface area contributed by atoms with Crippen molar-refractivity contribution in [2.45, 2.75) is 29.0 Å². The van der Waals surface area contributed by atoms with Gasteiger partial charge in [-0.3, -0.25) is 9.59 Å².